The van der Waals surface area contributed by atoms with Crippen LogP contribution in [0.15, 0.2) is 18.2 Å². The summed E-state index contributed by atoms with van der Waals surface area (Å²) in [4.78, 5) is 10.7. The van der Waals surface area contributed by atoms with Gasteiger partial charge in [0.2, 0.25) is 0 Å². The minimum absolute atomic E-state index is 0.0320. The molecular formula is C10H9FN2O2. The second-order valence-corrected chi connectivity index (χ2v) is 2.76. The minimum atomic E-state index is -0.626. The van der Waals surface area contributed by atoms with E-state index in [1.807, 2.05) is 6.07 Å². The first-order valence-corrected chi connectivity index (χ1v) is 4.17. The van der Waals surface area contributed by atoms with Gasteiger partial charge in [-0.2, -0.15) is 5.26 Å². The van der Waals surface area contributed by atoms with Crippen molar-refractivity contribution in [2.75, 3.05) is 7.11 Å². The molecule has 0 atom stereocenters. The molecule has 0 fully saturated rings. The van der Waals surface area contributed by atoms with Crippen molar-refractivity contribution in [3.63, 3.8) is 0 Å². The maximum Gasteiger partial charge on any atom is 0.407 e. The Hall–Kier alpha value is -2.09. The molecule has 0 aliphatic rings. The summed E-state index contributed by atoms with van der Waals surface area (Å²) in [6.07, 6.45) is -0.626. The van der Waals surface area contributed by atoms with Gasteiger partial charge >= 0.3 is 6.09 Å². The van der Waals surface area contributed by atoms with Crippen molar-refractivity contribution in [3.05, 3.63) is 35.1 Å². The van der Waals surface area contributed by atoms with Gasteiger partial charge in [-0.25, -0.2) is 9.18 Å². The third kappa shape index (κ3) is 2.95. The molecule has 0 bridgehead atoms. The molecular weight excluding hydrogens is 199 g/mol. The molecule has 5 heteroatoms. The zero-order valence-electron chi connectivity index (χ0n) is 8.08. The topological polar surface area (TPSA) is 62.1 Å². The number of hydrogen-bond acceptors (Lipinski definition) is 3. The highest BCUT2D eigenvalue weighted by Crippen LogP contribution is 2.09. The van der Waals surface area contributed by atoms with Crippen LogP contribution in [0.1, 0.15) is 11.1 Å². The van der Waals surface area contributed by atoms with E-state index in [-0.39, 0.29) is 12.1 Å². The smallest absolute Gasteiger partial charge is 0.407 e. The van der Waals surface area contributed by atoms with Crippen LogP contribution in [0.2, 0.25) is 0 Å². The standard InChI is InChI=1S/C10H9FN2O2/c1-15-10(14)13-6-8-3-2-7(5-12)4-9(8)11/h2-4H,6H2,1H3,(H,13,14). The number of methoxy groups -OCH3 is 1. The Morgan fingerprint density at radius 1 is 1.67 bits per heavy atom. The van der Waals surface area contributed by atoms with Crippen molar-refractivity contribution >= 4 is 6.09 Å². The molecule has 1 aromatic carbocycles. The SMILES string of the molecule is COC(=O)NCc1ccc(C#N)cc1F. The number of hydrogen-bond donors (Lipinski definition) is 1. The third-order valence-corrected chi connectivity index (χ3v) is 1.79. The van der Waals surface area contributed by atoms with E-state index in [1.165, 1.54) is 19.2 Å². The molecule has 1 amide bonds. The Kier molecular flexibility index (Phi) is 3.63. The first kappa shape index (κ1) is 11.0. The molecule has 4 nitrogen and oxygen atoms in total. The molecule has 0 radical (unpaired) electrons. The first-order valence-electron chi connectivity index (χ1n) is 4.17. The number of amides is 1. The molecule has 0 aromatic heterocycles. The number of ether oxygens (including phenoxy) is 1. The van der Waals surface area contributed by atoms with Crippen LogP contribution in [0.5, 0.6) is 0 Å². The highest BCUT2D eigenvalue weighted by atomic mass is 19.1. The molecule has 0 saturated heterocycles. The van der Waals surface area contributed by atoms with Crippen LogP contribution in [0.4, 0.5) is 9.18 Å². The van der Waals surface area contributed by atoms with Crippen molar-refractivity contribution in [1.82, 2.24) is 5.32 Å². The minimum Gasteiger partial charge on any atom is -0.453 e. The quantitative estimate of drug-likeness (QED) is 0.802. The van der Waals surface area contributed by atoms with E-state index in [4.69, 9.17) is 5.26 Å². The van der Waals surface area contributed by atoms with Crippen molar-refractivity contribution in [1.29, 1.82) is 5.26 Å². The lowest BCUT2D eigenvalue weighted by atomic mass is 10.1. The molecule has 0 aliphatic heterocycles. The van der Waals surface area contributed by atoms with Crippen molar-refractivity contribution < 1.29 is 13.9 Å². The summed E-state index contributed by atoms with van der Waals surface area (Å²) in [7, 11) is 1.23. The second kappa shape index (κ2) is 4.96. The molecule has 78 valence electrons. The lowest BCUT2D eigenvalue weighted by Crippen LogP contribution is -2.22. The average molecular weight is 208 g/mol. The van der Waals surface area contributed by atoms with E-state index in [9.17, 15) is 9.18 Å². The monoisotopic (exact) mass is 208 g/mol. The fourth-order valence-electron chi connectivity index (χ4n) is 1.000. The lowest BCUT2D eigenvalue weighted by molar-refractivity contribution is 0.170. The second-order valence-electron chi connectivity index (χ2n) is 2.76. The van der Waals surface area contributed by atoms with Gasteiger partial charge in [0.15, 0.2) is 0 Å². The molecule has 0 spiro atoms. The summed E-state index contributed by atoms with van der Waals surface area (Å²) in [5.41, 5.74) is 0.550. The zero-order chi connectivity index (χ0) is 11.3. The Bertz CT molecular complexity index is 412. The highest BCUT2D eigenvalue weighted by molar-refractivity contribution is 5.66. The van der Waals surface area contributed by atoms with Crippen molar-refractivity contribution in [3.8, 4) is 6.07 Å². The van der Waals surface area contributed by atoms with Gasteiger partial charge in [0.1, 0.15) is 5.82 Å². The van der Waals surface area contributed by atoms with Gasteiger partial charge in [-0.3, -0.25) is 0 Å². The maximum atomic E-state index is 13.2. The van der Waals surface area contributed by atoms with Gasteiger partial charge in [-0.05, 0) is 12.1 Å². The Balaban J connectivity index is 2.71. The average Bonchev–Trinajstić information content (AvgIpc) is 2.26. The van der Waals surface area contributed by atoms with Crippen LogP contribution >= 0.6 is 0 Å². The van der Waals surface area contributed by atoms with Gasteiger partial charge < -0.3 is 10.1 Å². The van der Waals surface area contributed by atoms with Crippen molar-refractivity contribution in [2.24, 2.45) is 0 Å². The summed E-state index contributed by atoms with van der Waals surface area (Å²) >= 11 is 0. The fraction of sp³-hybridized carbons (Fsp3) is 0.200. The number of carbonyl (C=O) groups is 1. The maximum absolute atomic E-state index is 13.2. The predicted octanol–water partition coefficient (Wildman–Crippen LogP) is 1.55. The summed E-state index contributed by atoms with van der Waals surface area (Å²) in [5.74, 6) is -0.523. The Labute approximate surface area is 86.3 Å². The van der Waals surface area contributed by atoms with E-state index >= 15 is 0 Å². The number of nitriles is 1. The van der Waals surface area contributed by atoms with Crippen LogP contribution in [-0.2, 0) is 11.3 Å². The van der Waals surface area contributed by atoms with Crippen LogP contribution in [0, 0.1) is 17.1 Å². The number of halogens is 1. The molecule has 0 aliphatic carbocycles. The van der Waals surface area contributed by atoms with Crippen LogP contribution in [0.3, 0.4) is 0 Å². The highest BCUT2D eigenvalue weighted by Gasteiger charge is 2.05. The van der Waals surface area contributed by atoms with Gasteiger partial charge in [0.05, 0.1) is 18.7 Å². The van der Waals surface area contributed by atoms with E-state index in [2.05, 4.69) is 10.1 Å². The number of nitrogens with zero attached hydrogens (tertiary/aromatic N) is 1. The number of carbonyl (C=O) groups excluding carboxylic acids is 1. The first-order chi connectivity index (χ1) is 7.17. The summed E-state index contributed by atoms with van der Waals surface area (Å²) in [6.45, 7) is 0.0320. The lowest BCUT2D eigenvalue weighted by Gasteiger charge is -2.04. The van der Waals surface area contributed by atoms with Crippen LogP contribution in [0.25, 0.3) is 0 Å². The molecule has 1 aromatic rings. The molecule has 1 N–H and O–H groups in total. The number of nitrogens with one attached hydrogen (secondary N) is 1. The third-order valence-electron chi connectivity index (χ3n) is 1.79. The largest absolute Gasteiger partial charge is 0.453 e. The van der Waals surface area contributed by atoms with Gasteiger partial charge in [-0.1, -0.05) is 6.07 Å². The van der Waals surface area contributed by atoms with E-state index in [1.54, 1.807) is 0 Å². The number of benzene rings is 1. The predicted molar refractivity (Wildman–Crippen MR) is 50.4 cm³/mol. The molecule has 15 heavy (non-hydrogen) atoms. The summed E-state index contributed by atoms with van der Waals surface area (Å²) in [5, 5.41) is 10.8. The Morgan fingerprint density at radius 2 is 2.40 bits per heavy atom. The molecule has 0 unspecified atom stereocenters. The van der Waals surface area contributed by atoms with Crippen molar-refractivity contribution in [2.45, 2.75) is 6.54 Å². The van der Waals surface area contributed by atoms with E-state index < -0.39 is 11.9 Å². The fourth-order valence-corrected chi connectivity index (χ4v) is 1.000. The summed E-state index contributed by atoms with van der Waals surface area (Å²) in [6, 6.07) is 5.87. The zero-order valence-corrected chi connectivity index (χ0v) is 8.08. The van der Waals surface area contributed by atoms with Crippen LogP contribution < -0.4 is 5.32 Å². The molecule has 0 saturated carbocycles. The summed E-state index contributed by atoms with van der Waals surface area (Å²) < 4.78 is 17.6. The van der Waals surface area contributed by atoms with Gasteiger partial charge in [0, 0.05) is 12.1 Å². The normalized spacial score (nSPS) is 9.13. The number of alkyl carbamates (subject to hydrolysis) is 1. The molecule has 1 rings (SSSR count). The van der Waals surface area contributed by atoms with Gasteiger partial charge in [0.25, 0.3) is 0 Å². The Morgan fingerprint density at radius 3 is 2.93 bits per heavy atom. The molecule has 0 heterocycles. The van der Waals surface area contributed by atoms with Gasteiger partial charge in [-0.15, -0.1) is 0 Å². The number of rotatable bonds is 2. The van der Waals surface area contributed by atoms with E-state index in [0.29, 0.717) is 5.56 Å². The van der Waals surface area contributed by atoms with E-state index in [0.717, 1.165) is 6.07 Å². The van der Waals surface area contributed by atoms with Crippen LogP contribution in [-0.4, -0.2) is 13.2 Å².